The lowest BCUT2D eigenvalue weighted by Gasteiger charge is -1.96. The van der Waals surface area contributed by atoms with Crippen LogP contribution in [-0.2, 0) is 0 Å². The largest absolute Gasteiger partial charge is 0.369 e. The highest BCUT2D eigenvalue weighted by Crippen LogP contribution is 2.16. The number of anilines is 1. The molecule has 4 nitrogen and oxygen atoms in total. The Morgan fingerprint density at radius 3 is 2.62 bits per heavy atom. The minimum atomic E-state index is 0.426. The van der Waals surface area contributed by atoms with Gasteiger partial charge in [-0.15, -0.1) is 0 Å². The van der Waals surface area contributed by atoms with Gasteiger partial charge in [-0.05, 0) is 19.1 Å². The number of H-pyrrole nitrogens is 1. The molecule has 0 aliphatic carbocycles. The Morgan fingerprint density at radius 1 is 1.23 bits per heavy atom. The van der Waals surface area contributed by atoms with Crippen LogP contribution in [0.1, 0.15) is 5.69 Å². The van der Waals surface area contributed by atoms with Crippen LogP contribution in [0.2, 0.25) is 0 Å². The predicted octanol–water partition coefficient (Wildman–Crippen LogP) is 1.36. The first-order valence-electron chi connectivity index (χ1n) is 3.99. The number of aryl methyl sites for hydroxylation is 1. The summed E-state index contributed by atoms with van der Waals surface area (Å²) in [4.78, 5) is 11.0. The van der Waals surface area contributed by atoms with E-state index in [-0.39, 0.29) is 0 Å². The van der Waals surface area contributed by atoms with Crippen LogP contribution in [0.4, 0.5) is 5.95 Å². The quantitative estimate of drug-likeness (QED) is 0.686. The number of nitrogens with one attached hydrogen (secondary N) is 1. The molecule has 2 rings (SSSR count). The third-order valence-corrected chi connectivity index (χ3v) is 1.82. The smallest absolute Gasteiger partial charge is 0.197 e. The number of aromatic nitrogens is 3. The van der Waals surface area contributed by atoms with Gasteiger partial charge in [-0.1, -0.05) is 0 Å². The van der Waals surface area contributed by atoms with Crippen molar-refractivity contribution in [3.63, 3.8) is 0 Å². The van der Waals surface area contributed by atoms with Gasteiger partial charge in [-0.25, -0.2) is 4.98 Å². The summed E-state index contributed by atoms with van der Waals surface area (Å²) in [6, 6.07) is 3.93. The number of rotatable bonds is 1. The van der Waals surface area contributed by atoms with Crippen molar-refractivity contribution < 1.29 is 0 Å². The fourth-order valence-electron chi connectivity index (χ4n) is 1.11. The zero-order valence-electron chi connectivity index (χ0n) is 7.28. The number of hydrogen-bond acceptors (Lipinski definition) is 3. The van der Waals surface area contributed by atoms with E-state index in [0.717, 1.165) is 17.0 Å². The SMILES string of the molecule is Cc1ccc(-c2cnc(N)[nH]2)cn1. The van der Waals surface area contributed by atoms with Crippen LogP contribution in [0, 0.1) is 6.92 Å². The van der Waals surface area contributed by atoms with E-state index >= 15 is 0 Å². The van der Waals surface area contributed by atoms with Crippen molar-refractivity contribution in [1.82, 2.24) is 15.0 Å². The molecule has 0 unspecified atom stereocenters. The zero-order chi connectivity index (χ0) is 9.26. The fourth-order valence-corrected chi connectivity index (χ4v) is 1.11. The number of pyridine rings is 1. The lowest BCUT2D eigenvalue weighted by molar-refractivity contribution is 1.20. The molecule has 2 heterocycles. The van der Waals surface area contributed by atoms with E-state index in [1.165, 1.54) is 0 Å². The molecule has 0 radical (unpaired) electrons. The maximum absolute atomic E-state index is 5.46. The number of imidazole rings is 1. The molecule has 13 heavy (non-hydrogen) atoms. The third-order valence-electron chi connectivity index (χ3n) is 1.82. The van der Waals surface area contributed by atoms with Gasteiger partial charge in [0.1, 0.15) is 0 Å². The molecule has 0 saturated carbocycles. The Bertz CT molecular complexity index is 402. The van der Waals surface area contributed by atoms with Crippen LogP contribution >= 0.6 is 0 Å². The Morgan fingerprint density at radius 2 is 2.08 bits per heavy atom. The van der Waals surface area contributed by atoms with Crippen molar-refractivity contribution in [2.75, 3.05) is 5.73 Å². The van der Waals surface area contributed by atoms with E-state index in [9.17, 15) is 0 Å². The summed E-state index contributed by atoms with van der Waals surface area (Å²) >= 11 is 0. The third kappa shape index (κ3) is 1.51. The van der Waals surface area contributed by atoms with Gasteiger partial charge in [-0.3, -0.25) is 4.98 Å². The normalized spacial score (nSPS) is 10.2. The zero-order valence-corrected chi connectivity index (χ0v) is 7.28. The average molecular weight is 174 g/mol. The topological polar surface area (TPSA) is 67.6 Å². The van der Waals surface area contributed by atoms with Crippen LogP contribution in [0.25, 0.3) is 11.3 Å². The highest BCUT2D eigenvalue weighted by molar-refractivity contribution is 5.58. The molecule has 0 fully saturated rings. The molecule has 0 spiro atoms. The van der Waals surface area contributed by atoms with Gasteiger partial charge >= 0.3 is 0 Å². The van der Waals surface area contributed by atoms with Gasteiger partial charge < -0.3 is 10.7 Å². The molecular weight excluding hydrogens is 164 g/mol. The van der Waals surface area contributed by atoms with Crippen molar-refractivity contribution in [1.29, 1.82) is 0 Å². The van der Waals surface area contributed by atoms with Crippen molar-refractivity contribution in [3.05, 3.63) is 30.2 Å². The second-order valence-electron chi connectivity index (χ2n) is 2.87. The first-order chi connectivity index (χ1) is 6.25. The van der Waals surface area contributed by atoms with Gasteiger partial charge in [0.25, 0.3) is 0 Å². The van der Waals surface area contributed by atoms with Gasteiger partial charge in [0, 0.05) is 17.5 Å². The maximum atomic E-state index is 5.46. The summed E-state index contributed by atoms with van der Waals surface area (Å²) < 4.78 is 0. The van der Waals surface area contributed by atoms with E-state index in [1.54, 1.807) is 12.4 Å². The van der Waals surface area contributed by atoms with Gasteiger partial charge in [0.05, 0.1) is 11.9 Å². The monoisotopic (exact) mass is 174 g/mol. The molecule has 2 aromatic rings. The summed E-state index contributed by atoms with van der Waals surface area (Å²) in [6.45, 7) is 1.95. The van der Waals surface area contributed by atoms with Crippen LogP contribution < -0.4 is 5.73 Å². The van der Waals surface area contributed by atoms with Crippen LogP contribution in [0.5, 0.6) is 0 Å². The van der Waals surface area contributed by atoms with E-state index in [0.29, 0.717) is 5.95 Å². The van der Waals surface area contributed by atoms with Crippen molar-refractivity contribution in [2.45, 2.75) is 6.92 Å². The number of aromatic amines is 1. The molecule has 0 aromatic carbocycles. The maximum Gasteiger partial charge on any atom is 0.197 e. The molecule has 66 valence electrons. The predicted molar refractivity (Wildman–Crippen MR) is 51.0 cm³/mol. The lowest BCUT2D eigenvalue weighted by atomic mass is 10.2. The standard InChI is InChI=1S/C9H10N4/c1-6-2-3-7(4-11-6)8-5-12-9(10)13-8/h2-5H,1H3,(H3,10,12,13). The van der Waals surface area contributed by atoms with Crippen LogP contribution in [0.3, 0.4) is 0 Å². The molecule has 3 N–H and O–H groups in total. The number of hydrogen-bond donors (Lipinski definition) is 2. The first kappa shape index (κ1) is 7.79. The van der Waals surface area contributed by atoms with Crippen LogP contribution in [0.15, 0.2) is 24.5 Å². The van der Waals surface area contributed by atoms with Crippen molar-refractivity contribution in [2.24, 2.45) is 0 Å². The number of nitrogens with two attached hydrogens (primary N) is 1. The second kappa shape index (κ2) is 2.90. The summed E-state index contributed by atoms with van der Waals surface area (Å²) in [5.74, 6) is 0.426. The highest BCUT2D eigenvalue weighted by Gasteiger charge is 2.00. The van der Waals surface area contributed by atoms with E-state index in [2.05, 4.69) is 15.0 Å². The van der Waals surface area contributed by atoms with Gasteiger partial charge in [0.15, 0.2) is 5.95 Å². The minimum absolute atomic E-state index is 0.426. The van der Waals surface area contributed by atoms with Gasteiger partial charge in [-0.2, -0.15) is 0 Å². The average Bonchev–Trinajstić information content (AvgIpc) is 2.53. The Labute approximate surface area is 75.8 Å². The molecule has 0 aliphatic heterocycles. The summed E-state index contributed by atoms with van der Waals surface area (Å²) in [5, 5.41) is 0. The highest BCUT2D eigenvalue weighted by atomic mass is 15.0. The molecule has 0 bridgehead atoms. The Kier molecular flexibility index (Phi) is 1.73. The van der Waals surface area contributed by atoms with Crippen molar-refractivity contribution >= 4 is 5.95 Å². The molecule has 2 aromatic heterocycles. The molecule has 0 atom stereocenters. The number of nitrogen functional groups attached to an aromatic ring is 1. The lowest BCUT2D eigenvalue weighted by Crippen LogP contribution is -1.86. The molecule has 0 saturated heterocycles. The first-order valence-corrected chi connectivity index (χ1v) is 3.99. The second-order valence-corrected chi connectivity index (χ2v) is 2.87. The minimum Gasteiger partial charge on any atom is -0.369 e. The summed E-state index contributed by atoms with van der Waals surface area (Å²) in [6.07, 6.45) is 3.49. The Balaban J connectivity index is 2.41. The molecule has 0 amide bonds. The van der Waals surface area contributed by atoms with Crippen LogP contribution in [-0.4, -0.2) is 15.0 Å². The molecule has 0 aliphatic rings. The van der Waals surface area contributed by atoms with E-state index < -0.39 is 0 Å². The van der Waals surface area contributed by atoms with Crippen molar-refractivity contribution in [3.8, 4) is 11.3 Å². The summed E-state index contributed by atoms with van der Waals surface area (Å²) in [7, 11) is 0. The molecule has 4 heteroatoms. The fraction of sp³-hybridized carbons (Fsp3) is 0.111. The molecular formula is C9H10N4. The number of nitrogens with zero attached hydrogens (tertiary/aromatic N) is 2. The Hall–Kier alpha value is -1.84. The van der Waals surface area contributed by atoms with E-state index in [4.69, 9.17) is 5.73 Å². The van der Waals surface area contributed by atoms with Gasteiger partial charge in [0.2, 0.25) is 0 Å². The summed E-state index contributed by atoms with van der Waals surface area (Å²) in [5.41, 5.74) is 8.34. The van der Waals surface area contributed by atoms with E-state index in [1.807, 2.05) is 19.1 Å².